The largest absolute Gasteiger partial charge is 0.573 e. The maximum atomic E-state index is 13.0. The molecule has 3 aromatic rings. The van der Waals surface area contributed by atoms with Crippen molar-refractivity contribution in [2.24, 2.45) is 0 Å². The maximum Gasteiger partial charge on any atom is 0.573 e. The van der Waals surface area contributed by atoms with Crippen LogP contribution in [0.15, 0.2) is 77.7 Å². The van der Waals surface area contributed by atoms with Crippen LogP contribution in [0.5, 0.6) is 11.6 Å². The lowest BCUT2D eigenvalue weighted by Crippen LogP contribution is -2.34. The Labute approximate surface area is 209 Å². The van der Waals surface area contributed by atoms with Crippen molar-refractivity contribution < 1.29 is 40.2 Å². The minimum absolute atomic E-state index is 0.00854. The molecule has 0 radical (unpaired) electrons. The van der Waals surface area contributed by atoms with Gasteiger partial charge in [-0.15, -0.1) is 13.2 Å². The summed E-state index contributed by atoms with van der Waals surface area (Å²) in [6, 6.07) is 13.9. The summed E-state index contributed by atoms with van der Waals surface area (Å²) in [5.41, 5.74) is 1.55. The Morgan fingerprint density at radius 1 is 1.00 bits per heavy atom. The Bertz CT molecular complexity index is 1410. The van der Waals surface area contributed by atoms with Crippen LogP contribution in [0.25, 0.3) is 5.57 Å². The molecule has 0 fully saturated rings. The van der Waals surface area contributed by atoms with Gasteiger partial charge in [0.25, 0.3) is 0 Å². The van der Waals surface area contributed by atoms with Crippen molar-refractivity contribution in [1.82, 2.24) is 9.29 Å². The SMILES string of the molecule is O=C(Nc1ccc(F)cc1)Oc1cccc(C2=CCN(S(=O)(=O)c3ccc(OC(F)(F)F)cc3)CC2)n1. The van der Waals surface area contributed by atoms with Crippen LogP contribution in [0, 0.1) is 5.82 Å². The van der Waals surface area contributed by atoms with E-state index in [1.165, 1.54) is 34.6 Å². The first-order chi connectivity index (χ1) is 17.5. The van der Waals surface area contributed by atoms with Gasteiger partial charge in [-0.25, -0.2) is 22.6 Å². The molecule has 4 rings (SSSR count). The number of hydrogen-bond donors (Lipinski definition) is 1. The van der Waals surface area contributed by atoms with Gasteiger partial charge in [-0.1, -0.05) is 12.1 Å². The third-order valence-corrected chi connectivity index (χ3v) is 7.09. The summed E-state index contributed by atoms with van der Waals surface area (Å²) in [5, 5.41) is 2.45. The zero-order valence-corrected chi connectivity index (χ0v) is 19.7. The molecule has 8 nitrogen and oxygen atoms in total. The number of hydrogen-bond acceptors (Lipinski definition) is 6. The number of alkyl halides is 3. The van der Waals surface area contributed by atoms with Gasteiger partial charge < -0.3 is 9.47 Å². The Balaban J connectivity index is 1.40. The van der Waals surface area contributed by atoms with Gasteiger partial charge in [0.1, 0.15) is 11.6 Å². The second-order valence-electron chi connectivity index (χ2n) is 7.74. The van der Waals surface area contributed by atoms with E-state index in [1.54, 1.807) is 18.2 Å². The van der Waals surface area contributed by atoms with E-state index in [0.29, 0.717) is 17.8 Å². The van der Waals surface area contributed by atoms with Crippen molar-refractivity contribution in [3.05, 3.63) is 84.3 Å². The molecule has 194 valence electrons. The van der Waals surface area contributed by atoms with Crippen molar-refractivity contribution in [2.45, 2.75) is 17.7 Å². The van der Waals surface area contributed by atoms with Gasteiger partial charge in [-0.3, -0.25) is 5.32 Å². The molecule has 0 spiro atoms. The van der Waals surface area contributed by atoms with Crippen LogP contribution in [0.1, 0.15) is 12.1 Å². The lowest BCUT2D eigenvalue weighted by Gasteiger charge is -2.25. The molecule has 1 N–H and O–H groups in total. The number of nitrogens with zero attached hydrogens (tertiary/aromatic N) is 2. The first-order valence-corrected chi connectivity index (χ1v) is 12.2. The molecular formula is C24H19F4N3O5S. The van der Waals surface area contributed by atoms with Gasteiger partial charge in [0, 0.05) is 24.8 Å². The fourth-order valence-electron chi connectivity index (χ4n) is 3.49. The number of halogens is 4. The maximum absolute atomic E-state index is 13.0. The van der Waals surface area contributed by atoms with Gasteiger partial charge in [-0.2, -0.15) is 4.31 Å². The lowest BCUT2D eigenvalue weighted by atomic mass is 10.1. The van der Waals surface area contributed by atoms with E-state index in [-0.39, 0.29) is 23.9 Å². The average Bonchev–Trinajstić information content (AvgIpc) is 2.85. The van der Waals surface area contributed by atoms with E-state index in [2.05, 4.69) is 15.0 Å². The molecule has 1 aliphatic heterocycles. The Morgan fingerprint density at radius 2 is 1.70 bits per heavy atom. The third-order valence-electron chi connectivity index (χ3n) is 5.21. The standard InChI is InChI=1S/C24H19F4N3O5S/c25-17-4-6-18(7-5-17)29-23(32)35-22-3-1-2-21(30-22)16-12-14-31(15-13-16)37(33,34)20-10-8-19(9-11-20)36-24(26,27)28/h1-12H,13-15H2,(H,29,32). The van der Waals surface area contributed by atoms with E-state index in [0.717, 1.165) is 29.8 Å². The fourth-order valence-corrected chi connectivity index (χ4v) is 4.87. The summed E-state index contributed by atoms with van der Waals surface area (Å²) >= 11 is 0. The summed E-state index contributed by atoms with van der Waals surface area (Å²) in [6.07, 6.45) is -3.74. The van der Waals surface area contributed by atoms with E-state index >= 15 is 0 Å². The third kappa shape index (κ3) is 6.83. The molecule has 13 heteroatoms. The van der Waals surface area contributed by atoms with Crippen molar-refractivity contribution in [2.75, 3.05) is 18.4 Å². The Morgan fingerprint density at radius 3 is 2.32 bits per heavy atom. The van der Waals surface area contributed by atoms with Crippen LogP contribution in [0.3, 0.4) is 0 Å². The number of nitrogens with one attached hydrogen (secondary N) is 1. The van der Waals surface area contributed by atoms with Crippen LogP contribution in [0.2, 0.25) is 0 Å². The van der Waals surface area contributed by atoms with Crippen LogP contribution in [-0.4, -0.2) is 43.3 Å². The summed E-state index contributed by atoms with van der Waals surface area (Å²) < 4.78 is 85.9. The zero-order valence-electron chi connectivity index (χ0n) is 18.9. The smallest absolute Gasteiger partial charge is 0.406 e. The quantitative estimate of drug-likeness (QED) is 0.434. The lowest BCUT2D eigenvalue weighted by molar-refractivity contribution is -0.274. The highest BCUT2D eigenvalue weighted by Crippen LogP contribution is 2.28. The summed E-state index contributed by atoms with van der Waals surface area (Å²) in [4.78, 5) is 16.2. The van der Waals surface area contributed by atoms with E-state index < -0.39 is 34.0 Å². The molecular weight excluding hydrogens is 518 g/mol. The number of amides is 1. The predicted molar refractivity (Wildman–Crippen MR) is 125 cm³/mol. The Hall–Kier alpha value is -3.97. The number of anilines is 1. The second kappa shape index (κ2) is 10.6. The highest BCUT2D eigenvalue weighted by molar-refractivity contribution is 7.89. The van der Waals surface area contributed by atoms with Crippen LogP contribution in [0.4, 0.5) is 28.0 Å². The van der Waals surface area contributed by atoms with Gasteiger partial charge in [0.05, 0.1) is 10.6 Å². The molecule has 0 aliphatic carbocycles. The Kier molecular flexibility index (Phi) is 7.45. The van der Waals surface area contributed by atoms with Crippen molar-refractivity contribution in [3.8, 4) is 11.6 Å². The van der Waals surface area contributed by atoms with Gasteiger partial charge in [-0.05, 0) is 66.6 Å². The molecule has 1 aromatic heterocycles. The second-order valence-corrected chi connectivity index (χ2v) is 9.68. The number of ether oxygens (including phenoxy) is 2. The number of aromatic nitrogens is 1. The molecule has 37 heavy (non-hydrogen) atoms. The molecule has 0 atom stereocenters. The molecule has 1 aliphatic rings. The topological polar surface area (TPSA) is 97.8 Å². The fraction of sp³-hybridized carbons (Fsp3) is 0.167. The van der Waals surface area contributed by atoms with Crippen molar-refractivity contribution >= 4 is 27.4 Å². The first kappa shape index (κ1) is 26.1. The number of sulfonamides is 1. The number of carbonyl (C=O) groups is 1. The summed E-state index contributed by atoms with van der Waals surface area (Å²) in [5.74, 6) is -0.963. The van der Waals surface area contributed by atoms with Crippen molar-refractivity contribution in [3.63, 3.8) is 0 Å². The van der Waals surface area contributed by atoms with Gasteiger partial charge in [0.2, 0.25) is 15.9 Å². The zero-order chi connectivity index (χ0) is 26.6. The summed E-state index contributed by atoms with van der Waals surface area (Å²) in [6.45, 7) is 0.114. The van der Waals surface area contributed by atoms with E-state index in [4.69, 9.17) is 4.74 Å². The highest BCUT2D eigenvalue weighted by atomic mass is 32.2. The monoisotopic (exact) mass is 537 g/mol. The van der Waals surface area contributed by atoms with E-state index in [1.807, 2.05) is 0 Å². The number of pyridine rings is 1. The van der Waals surface area contributed by atoms with Crippen LogP contribution < -0.4 is 14.8 Å². The van der Waals surface area contributed by atoms with E-state index in [9.17, 15) is 30.8 Å². The van der Waals surface area contributed by atoms with Crippen molar-refractivity contribution in [1.29, 1.82) is 0 Å². The highest BCUT2D eigenvalue weighted by Gasteiger charge is 2.32. The number of benzene rings is 2. The first-order valence-electron chi connectivity index (χ1n) is 10.8. The molecule has 2 aromatic carbocycles. The molecule has 2 heterocycles. The normalized spacial score (nSPS) is 14.5. The molecule has 0 saturated carbocycles. The number of carbonyl (C=O) groups excluding carboxylic acids is 1. The summed E-state index contributed by atoms with van der Waals surface area (Å²) in [7, 11) is -3.95. The van der Waals surface area contributed by atoms with Gasteiger partial charge in [0.15, 0.2) is 0 Å². The molecule has 0 bridgehead atoms. The molecule has 0 saturated heterocycles. The average molecular weight is 537 g/mol. The van der Waals surface area contributed by atoms with Crippen LogP contribution in [-0.2, 0) is 10.0 Å². The molecule has 1 amide bonds. The minimum Gasteiger partial charge on any atom is -0.406 e. The number of rotatable bonds is 6. The predicted octanol–water partition coefficient (Wildman–Crippen LogP) is 5.21. The minimum atomic E-state index is -4.88. The van der Waals surface area contributed by atoms with Crippen LogP contribution >= 0.6 is 0 Å². The van der Waals surface area contributed by atoms with Gasteiger partial charge >= 0.3 is 12.5 Å². The molecule has 0 unspecified atom stereocenters.